The first-order valence-corrected chi connectivity index (χ1v) is 8.68. The third-order valence-corrected chi connectivity index (χ3v) is 4.17. The summed E-state index contributed by atoms with van der Waals surface area (Å²) in [7, 11) is 0. The molecule has 0 saturated heterocycles. The largest absolute Gasteiger partial charge is 0.486 e. The average Bonchev–Trinajstić information content (AvgIpc) is 2.63. The summed E-state index contributed by atoms with van der Waals surface area (Å²) >= 11 is 3.19. The molecule has 0 bridgehead atoms. The summed E-state index contributed by atoms with van der Waals surface area (Å²) in [4.78, 5) is 19.1. The number of halogens is 2. The number of benzene rings is 2. The Bertz CT molecular complexity index is 1030. The lowest BCUT2D eigenvalue weighted by Crippen LogP contribution is -2.02. The molecule has 1 aromatic heterocycles. The molecule has 138 valence electrons. The molecular weight excluding hydrogens is 419 g/mol. The lowest BCUT2D eigenvalue weighted by Gasteiger charge is -2.11. The number of nitro benzene ring substituents is 1. The molecule has 2 aromatic carbocycles. The monoisotopic (exact) mass is 432 g/mol. The summed E-state index contributed by atoms with van der Waals surface area (Å²) in [5, 5.41) is 14.7. The third kappa shape index (κ3) is 4.20. The lowest BCUT2D eigenvalue weighted by atomic mass is 10.2. The van der Waals surface area contributed by atoms with E-state index in [-0.39, 0.29) is 29.5 Å². The molecule has 3 rings (SSSR count). The van der Waals surface area contributed by atoms with E-state index in [0.29, 0.717) is 21.8 Å². The maximum Gasteiger partial charge on any atom is 0.311 e. The molecule has 7 nitrogen and oxygen atoms in total. The molecule has 1 heterocycles. The molecule has 3 aromatic rings. The summed E-state index contributed by atoms with van der Waals surface area (Å²) in [5.74, 6) is -0.134. The number of nitrogens with one attached hydrogen (secondary N) is 1. The Morgan fingerprint density at radius 1 is 1.33 bits per heavy atom. The Morgan fingerprint density at radius 3 is 2.85 bits per heavy atom. The van der Waals surface area contributed by atoms with Gasteiger partial charge in [-0.3, -0.25) is 10.1 Å². The fourth-order valence-electron chi connectivity index (χ4n) is 2.40. The molecule has 1 N–H and O–H groups in total. The van der Waals surface area contributed by atoms with Crippen LogP contribution in [-0.2, 0) is 0 Å². The normalized spacial score (nSPS) is 10.6. The Hall–Kier alpha value is -3.07. The smallest absolute Gasteiger partial charge is 0.311 e. The van der Waals surface area contributed by atoms with Gasteiger partial charge in [-0.15, -0.1) is 6.58 Å². The van der Waals surface area contributed by atoms with Crippen molar-refractivity contribution in [1.29, 1.82) is 0 Å². The van der Waals surface area contributed by atoms with Crippen LogP contribution in [0.3, 0.4) is 0 Å². The topological polar surface area (TPSA) is 90.2 Å². The van der Waals surface area contributed by atoms with Crippen LogP contribution in [0.4, 0.5) is 21.6 Å². The summed E-state index contributed by atoms with van der Waals surface area (Å²) in [6.07, 6.45) is 3.50. The SMILES string of the molecule is C=CCCOc1cc2ncnc(Nc3ccc(Br)cc3F)c2cc1[N+](=O)[O-]. The molecule has 0 amide bonds. The molecule has 27 heavy (non-hydrogen) atoms. The van der Waals surface area contributed by atoms with Gasteiger partial charge in [-0.05, 0) is 24.6 Å². The van der Waals surface area contributed by atoms with Crippen molar-refractivity contribution in [2.24, 2.45) is 0 Å². The second kappa shape index (κ2) is 8.09. The molecule has 0 fully saturated rings. The van der Waals surface area contributed by atoms with E-state index in [1.54, 1.807) is 12.1 Å². The summed E-state index contributed by atoms with van der Waals surface area (Å²) < 4.78 is 20.2. The first kappa shape index (κ1) is 18.7. The van der Waals surface area contributed by atoms with Crippen molar-refractivity contribution in [3.05, 3.63) is 69.7 Å². The van der Waals surface area contributed by atoms with Crippen LogP contribution in [0.2, 0.25) is 0 Å². The number of hydrogen-bond acceptors (Lipinski definition) is 6. The lowest BCUT2D eigenvalue weighted by molar-refractivity contribution is -0.385. The Balaban J connectivity index is 2.05. The van der Waals surface area contributed by atoms with Crippen LogP contribution in [0.25, 0.3) is 10.9 Å². The maximum atomic E-state index is 14.1. The first-order chi connectivity index (χ1) is 13.0. The van der Waals surface area contributed by atoms with Gasteiger partial charge in [0.25, 0.3) is 0 Å². The highest BCUT2D eigenvalue weighted by Gasteiger charge is 2.19. The molecule has 0 unspecified atom stereocenters. The van der Waals surface area contributed by atoms with Crippen molar-refractivity contribution < 1.29 is 14.1 Å². The van der Waals surface area contributed by atoms with Crippen LogP contribution in [0.5, 0.6) is 5.75 Å². The van der Waals surface area contributed by atoms with E-state index in [1.165, 1.54) is 30.6 Å². The minimum Gasteiger partial charge on any atom is -0.486 e. The fourth-order valence-corrected chi connectivity index (χ4v) is 2.73. The van der Waals surface area contributed by atoms with Gasteiger partial charge < -0.3 is 10.1 Å². The molecule has 0 saturated carbocycles. The zero-order chi connectivity index (χ0) is 19.4. The van der Waals surface area contributed by atoms with Gasteiger partial charge in [0, 0.05) is 16.6 Å². The van der Waals surface area contributed by atoms with E-state index in [1.807, 2.05) is 0 Å². The number of rotatable bonds is 7. The maximum absolute atomic E-state index is 14.1. The highest BCUT2D eigenvalue weighted by molar-refractivity contribution is 9.10. The number of aromatic nitrogens is 2. The summed E-state index contributed by atoms with van der Waals surface area (Å²) in [5.41, 5.74) is 0.400. The van der Waals surface area contributed by atoms with Crippen molar-refractivity contribution in [2.75, 3.05) is 11.9 Å². The summed E-state index contributed by atoms with van der Waals surface area (Å²) in [6, 6.07) is 7.30. The third-order valence-electron chi connectivity index (χ3n) is 3.68. The van der Waals surface area contributed by atoms with E-state index in [9.17, 15) is 14.5 Å². The molecule has 0 spiro atoms. The van der Waals surface area contributed by atoms with E-state index in [0.717, 1.165) is 0 Å². The Kier molecular flexibility index (Phi) is 5.60. The van der Waals surface area contributed by atoms with Crippen molar-refractivity contribution in [2.45, 2.75) is 6.42 Å². The van der Waals surface area contributed by atoms with E-state index in [2.05, 4.69) is 37.8 Å². The van der Waals surface area contributed by atoms with Crippen LogP contribution >= 0.6 is 15.9 Å². The molecule has 9 heteroatoms. The summed E-state index contributed by atoms with van der Waals surface area (Å²) in [6.45, 7) is 3.85. The van der Waals surface area contributed by atoms with Gasteiger partial charge in [0.15, 0.2) is 5.75 Å². The van der Waals surface area contributed by atoms with Gasteiger partial charge in [-0.1, -0.05) is 22.0 Å². The second-order valence-electron chi connectivity index (χ2n) is 5.49. The Morgan fingerprint density at radius 2 is 2.15 bits per heavy atom. The fraction of sp³-hybridized carbons (Fsp3) is 0.111. The minimum atomic E-state index is -0.542. The van der Waals surface area contributed by atoms with Crippen LogP contribution in [0, 0.1) is 15.9 Å². The van der Waals surface area contributed by atoms with Gasteiger partial charge in [0.05, 0.1) is 28.1 Å². The number of anilines is 2. The minimum absolute atomic E-state index is 0.105. The van der Waals surface area contributed by atoms with Crippen LogP contribution < -0.4 is 10.1 Å². The molecule has 0 aliphatic rings. The predicted molar refractivity (Wildman–Crippen MR) is 104 cm³/mol. The number of fused-ring (bicyclic) bond motifs is 1. The quantitative estimate of drug-likeness (QED) is 0.240. The van der Waals surface area contributed by atoms with Crippen molar-refractivity contribution in [3.8, 4) is 5.75 Å². The van der Waals surface area contributed by atoms with Crippen LogP contribution in [0.1, 0.15) is 6.42 Å². The van der Waals surface area contributed by atoms with Crippen molar-refractivity contribution in [3.63, 3.8) is 0 Å². The van der Waals surface area contributed by atoms with E-state index < -0.39 is 10.7 Å². The van der Waals surface area contributed by atoms with E-state index >= 15 is 0 Å². The number of nitro groups is 1. The number of hydrogen-bond donors (Lipinski definition) is 1. The van der Waals surface area contributed by atoms with Crippen LogP contribution in [-0.4, -0.2) is 21.5 Å². The van der Waals surface area contributed by atoms with Crippen molar-refractivity contribution in [1.82, 2.24) is 9.97 Å². The molecule has 0 radical (unpaired) electrons. The van der Waals surface area contributed by atoms with Crippen molar-refractivity contribution >= 4 is 44.0 Å². The van der Waals surface area contributed by atoms with Gasteiger partial charge in [0.1, 0.15) is 18.0 Å². The molecule has 0 atom stereocenters. The first-order valence-electron chi connectivity index (χ1n) is 7.88. The number of ether oxygens (including phenoxy) is 1. The second-order valence-corrected chi connectivity index (χ2v) is 6.41. The Labute approximate surface area is 162 Å². The van der Waals surface area contributed by atoms with Gasteiger partial charge in [0.2, 0.25) is 0 Å². The highest BCUT2D eigenvalue weighted by Crippen LogP contribution is 2.35. The molecule has 0 aliphatic carbocycles. The standard InChI is InChI=1S/C18H14BrFN4O3/c1-2-3-6-27-17-9-15-12(8-16(17)24(25)26)18(22-10-21-15)23-14-5-4-11(19)7-13(14)20/h2,4-5,7-10H,1,3,6H2,(H,21,22,23). The zero-order valence-corrected chi connectivity index (χ0v) is 15.6. The van der Waals surface area contributed by atoms with Crippen LogP contribution in [0.15, 0.2) is 53.8 Å². The van der Waals surface area contributed by atoms with Gasteiger partial charge in [-0.2, -0.15) is 0 Å². The van der Waals surface area contributed by atoms with Gasteiger partial charge >= 0.3 is 5.69 Å². The molecule has 0 aliphatic heterocycles. The molecular formula is C18H14BrFN4O3. The zero-order valence-electron chi connectivity index (χ0n) is 14.0. The number of nitrogens with zero attached hydrogens (tertiary/aromatic N) is 3. The average molecular weight is 433 g/mol. The van der Waals surface area contributed by atoms with E-state index in [4.69, 9.17) is 4.74 Å². The highest BCUT2D eigenvalue weighted by atomic mass is 79.9. The predicted octanol–water partition coefficient (Wildman–Crippen LogP) is 5.14. The van der Waals surface area contributed by atoms with Gasteiger partial charge in [-0.25, -0.2) is 14.4 Å².